The maximum absolute atomic E-state index is 12.5. The van der Waals surface area contributed by atoms with Crippen LogP contribution in [0.3, 0.4) is 0 Å². The van der Waals surface area contributed by atoms with Crippen LogP contribution in [0.5, 0.6) is 11.5 Å². The molecule has 0 unspecified atom stereocenters. The molecule has 0 fully saturated rings. The number of rotatable bonds is 13. The second kappa shape index (κ2) is 13.0. The zero-order valence-corrected chi connectivity index (χ0v) is 21.2. The molecular formula is C24H32N2O8S. The zero-order chi connectivity index (χ0) is 26.0. The molecule has 10 nitrogen and oxygen atoms in total. The number of hydrogen-bond acceptors (Lipinski definition) is 7. The van der Waals surface area contributed by atoms with Crippen LogP contribution >= 0.6 is 0 Å². The van der Waals surface area contributed by atoms with Crippen molar-refractivity contribution in [1.82, 2.24) is 5.32 Å². The summed E-state index contributed by atoms with van der Waals surface area (Å²) in [5, 5.41) is 14.8. The first kappa shape index (κ1) is 27.9. The van der Waals surface area contributed by atoms with Gasteiger partial charge in [0, 0.05) is 36.7 Å². The predicted octanol–water partition coefficient (Wildman–Crippen LogP) is 3.83. The van der Waals surface area contributed by atoms with Gasteiger partial charge in [0.25, 0.3) is 0 Å². The number of carbonyl (C=O) groups is 2. The van der Waals surface area contributed by atoms with Gasteiger partial charge in [0.1, 0.15) is 16.4 Å². The van der Waals surface area contributed by atoms with E-state index in [0.717, 1.165) is 12.7 Å². The Bertz CT molecular complexity index is 1150. The minimum atomic E-state index is -3.57. The first-order valence-corrected chi connectivity index (χ1v) is 13.1. The molecule has 2 aromatic rings. The third-order valence-corrected chi connectivity index (χ3v) is 5.89. The molecule has 0 aliphatic heterocycles. The predicted molar refractivity (Wildman–Crippen MR) is 131 cm³/mol. The van der Waals surface area contributed by atoms with Crippen molar-refractivity contribution in [3.05, 3.63) is 47.0 Å². The van der Waals surface area contributed by atoms with Gasteiger partial charge in [-0.1, -0.05) is 13.0 Å². The highest BCUT2D eigenvalue weighted by molar-refractivity contribution is 7.90. The average molecular weight is 509 g/mol. The summed E-state index contributed by atoms with van der Waals surface area (Å²) in [5.74, 6) is -0.649. The van der Waals surface area contributed by atoms with Crippen LogP contribution in [0.15, 0.2) is 35.2 Å². The molecule has 0 spiro atoms. The van der Waals surface area contributed by atoms with Crippen LogP contribution < -0.4 is 20.1 Å². The summed E-state index contributed by atoms with van der Waals surface area (Å²) in [6, 6.07) is 6.89. The van der Waals surface area contributed by atoms with Gasteiger partial charge in [0.05, 0.1) is 25.4 Å². The van der Waals surface area contributed by atoms with Gasteiger partial charge in [-0.3, -0.25) is 0 Å². The highest BCUT2D eigenvalue weighted by atomic mass is 32.2. The van der Waals surface area contributed by atoms with E-state index in [2.05, 4.69) is 10.6 Å². The molecule has 2 amide bonds. The Morgan fingerprint density at radius 2 is 1.66 bits per heavy atom. The maximum Gasteiger partial charge on any atom is 0.336 e. The SMILES string of the molecule is CCCOCc1ccc(NC(=O)NCc2cc(OCC)c(S(C)(=O)=O)cc2OCC)cc1C(=O)O. The minimum Gasteiger partial charge on any atom is -0.493 e. The summed E-state index contributed by atoms with van der Waals surface area (Å²) in [5.41, 5.74) is 1.36. The minimum absolute atomic E-state index is 0.000192. The van der Waals surface area contributed by atoms with E-state index in [1.54, 1.807) is 26.0 Å². The number of hydrogen-bond donors (Lipinski definition) is 3. The third kappa shape index (κ3) is 8.15. The fourth-order valence-corrected chi connectivity index (χ4v) is 4.03. The van der Waals surface area contributed by atoms with Crippen LogP contribution in [-0.2, 0) is 27.7 Å². The van der Waals surface area contributed by atoms with Crippen LogP contribution in [-0.4, -0.2) is 51.6 Å². The number of carbonyl (C=O) groups excluding carboxylic acids is 1. The lowest BCUT2D eigenvalue weighted by molar-refractivity contribution is 0.0687. The van der Waals surface area contributed by atoms with E-state index in [4.69, 9.17) is 14.2 Å². The van der Waals surface area contributed by atoms with Gasteiger partial charge in [-0.25, -0.2) is 18.0 Å². The normalized spacial score (nSPS) is 11.1. The van der Waals surface area contributed by atoms with Gasteiger partial charge >= 0.3 is 12.0 Å². The van der Waals surface area contributed by atoms with Gasteiger partial charge in [-0.15, -0.1) is 0 Å². The topological polar surface area (TPSA) is 140 Å². The summed E-state index contributed by atoms with van der Waals surface area (Å²) in [6.07, 6.45) is 1.90. The molecule has 0 saturated carbocycles. The first-order valence-electron chi connectivity index (χ1n) is 11.2. The van der Waals surface area contributed by atoms with Crippen molar-refractivity contribution in [3.8, 4) is 11.5 Å². The van der Waals surface area contributed by atoms with Crippen LogP contribution in [0.1, 0.15) is 48.7 Å². The molecule has 35 heavy (non-hydrogen) atoms. The smallest absolute Gasteiger partial charge is 0.336 e. The molecular weight excluding hydrogens is 476 g/mol. The molecule has 0 aromatic heterocycles. The fourth-order valence-electron chi connectivity index (χ4n) is 3.23. The summed E-state index contributed by atoms with van der Waals surface area (Å²) in [6.45, 7) is 6.70. The van der Waals surface area contributed by atoms with Gasteiger partial charge in [-0.05, 0) is 44.0 Å². The monoisotopic (exact) mass is 508 g/mol. The molecule has 11 heteroatoms. The van der Waals surface area contributed by atoms with Crippen molar-refractivity contribution in [2.45, 2.75) is 45.2 Å². The summed E-state index contributed by atoms with van der Waals surface area (Å²) < 4.78 is 40.9. The van der Waals surface area contributed by atoms with Crippen molar-refractivity contribution in [3.63, 3.8) is 0 Å². The number of aromatic carboxylic acids is 1. The lowest BCUT2D eigenvalue weighted by atomic mass is 10.1. The highest BCUT2D eigenvalue weighted by Crippen LogP contribution is 2.32. The van der Waals surface area contributed by atoms with Gasteiger partial charge in [0.2, 0.25) is 0 Å². The molecule has 0 aliphatic carbocycles. The average Bonchev–Trinajstić information content (AvgIpc) is 2.79. The Morgan fingerprint density at radius 3 is 2.26 bits per heavy atom. The van der Waals surface area contributed by atoms with Crippen LogP contribution in [0, 0.1) is 0 Å². The summed E-state index contributed by atoms with van der Waals surface area (Å²) >= 11 is 0. The van der Waals surface area contributed by atoms with E-state index in [0.29, 0.717) is 35.8 Å². The second-order valence-electron chi connectivity index (χ2n) is 7.58. The quantitative estimate of drug-likeness (QED) is 0.347. The van der Waals surface area contributed by atoms with Crippen LogP contribution in [0.25, 0.3) is 0 Å². The molecule has 0 heterocycles. The lowest BCUT2D eigenvalue weighted by Crippen LogP contribution is -2.28. The molecule has 2 rings (SSSR count). The number of sulfone groups is 1. The Kier molecular flexibility index (Phi) is 10.3. The van der Waals surface area contributed by atoms with Crippen LogP contribution in [0.4, 0.5) is 10.5 Å². The zero-order valence-electron chi connectivity index (χ0n) is 20.3. The number of anilines is 1. The number of ether oxygens (including phenoxy) is 3. The summed E-state index contributed by atoms with van der Waals surface area (Å²) in [7, 11) is -3.57. The molecule has 192 valence electrons. The van der Waals surface area contributed by atoms with E-state index in [1.165, 1.54) is 18.2 Å². The molecule has 0 saturated heterocycles. The van der Waals surface area contributed by atoms with E-state index < -0.39 is 21.8 Å². The molecule has 0 atom stereocenters. The second-order valence-corrected chi connectivity index (χ2v) is 9.57. The van der Waals surface area contributed by atoms with Gasteiger partial charge in [-0.2, -0.15) is 0 Å². The van der Waals surface area contributed by atoms with E-state index in [1.807, 2.05) is 6.92 Å². The Morgan fingerprint density at radius 1 is 0.971 bits per heavy atom. The fraction of sp³-hybridized carbons (Fsp3) is 0.417. The standard InChI is InChI=1S/C24H32N2O8S/c1-5-10-32-15-16-8-9-18(12-19(16)23(27)28)26-24(29)25-14-17-11-21(34-7-3)22(35(4,30)31)13-20(17)33-6-2/h8-9,11-13H,5-7,10,14-15H2,1-4H3,(H,27,28)(H2,25,26,29). The van der Waals surface area contributed by atoms with Crippen molar-refractivity contribution < 1.29 is 37.3 Å². The van der Waals surface area contributed by atoms with Crippen molar-refractivity contribution in [2.75, 3.05) is 31.4 Å². The molecule has 2 aromatic carbocycles. The summed E-state index contributed by atoms with van der Waals surface area (Å²) in [4.78, 5) is 24.1. The molecule has 3 N–H and O–H groups in total. The Hall–Kier alpha value is -3.31. The van der Waals surface area contributed by atoms with E-state index in [-0.39, 0.29) is 36.0 Å². The van der Waals surface area contributed by atoms with Crippen molar-refractivity contribution in [2.24, 2.45) is 0 Å². The van der Waals surface area contributed by atoms with Crippen molar-refractivity contribution >= 4 is 27.5 Å². The Balaban J connectivity index is 2.19. The number of carboxylic acids is 1. The highest BCUT2D eigenvalue weighted by Gasteiger charge is 2.20. The molecule has 0 bridgehead atoms. The van der Waals surface area contributed by atoms with E-state index >= 15 is 0 Å². The first-order chi connectivity index (χ1) is 16.6. The van der Waals surface area contributed by atoms with Gasteiger partial charge < -0.3 is 30.0 Å². The third-order valence-electron chi connectivity index (χ3n) is 4.77. The number of amides is 2. The number of nitrogens with one attached hydrogen (secondary N) is 2. The number of carboxylic acid groups (broad SMARTS) is 1. The molecule has 0 aliphatic rings. The molecule has 0 radical (unpaired) electrons. The number of benzene rings is 2. The van der Waals surface area contributed by atoms with Crippen molar-refractivity contribution in [1.29, 1.82) is 0 Å². The van der Waals surface area contributed by atoms with Crippen LogP contribution in [0.2, 0.25) is 0 Å². The van der Waals surface area contributed by atoms with E-state index in [9.17, 15) is 23.1 Å². The van der Waals surface area contributed by atoms with Gasteiger partial charge in [0.15, 0.2) is 9.84 Å². The number of urea groups is 1. The largest absolute Gasteiger partial charge is 0.493 e. The maximum atomic E-state index is 12.5. The lowest BCUT2D eigenvalue weighted by Gasteiger charge is -2.17. The Labute approximate surface area is 205 Å².